The summed E-state index contributed by atoms with van der Waals surface area (Å²) in [7, 11) is 0. The zero-order chi connectivity index (χ0) is 22.1. The molecule has 0 bridgehead atoms. The molecule has 0 aromatic heterocycles. The highest BCUT2D eigenvalue weighted by Gasteiger charge is 2.04. The van der Waals surface area contributed by atoms with Gasteiger partial charge in [0.1, 0.15) is 6.61 Å². The second-order valence-corrected chi connectivity index (χ2v) is 6.59. The summed E-state index contributed by atoms with van der Waals surface area (Å²) in [4.78, 5) is 21.7. The number of hydrogen-bond donors (Lipinski definition) is 1. The van der Waals surface area contributed by atoms with Crippen LogP contribution in [0.25, 0.3) is 0 Å². The molecule has 0 amide bonds. The number of aliphatic carboxylic acids is 1. The Morgan fingerprint density at radius 2 is 1.00 bits per heavy atom. The molecule has 0 unspecified atom stereocenters. The zero-order valence-electron chi connectivity index (χ0n) is 18.4. The fraction of sp³-hybridized carbons (Fsp3) is 0.905. The van der Waals surface area contributed by atoms with Crippen LogP contribution >= 0.6 is 0 Å². The van der Waals surface area contributed by atoms with E-state index in [1.54, 1.807) is 0 Å². The van der Waals surface area contributed by atoms with E-state index in [1.807, 2.05) is 0 Å². The molecule has 0 saturated heterocycles. The number of carbonyl (C=O) groups is 2. The van der Waals surface area contributed by atoms with E-state index in [-0.39, 0.29) is 25.4 Å². The van der Waals surface area contributed by atoms with Crippen LogP contribution in [0.1, 0.15) is 51.9 Å². The van der Waals surface area contributed by atoms with Gasteiger partial charge in [-0.15, -0.1) is 0 Å². The highest BCUT2D eigenvalue weighted by molar-refractivity contribution is 5.69. The van der Waals surface area contributed by atoms with Gasteiger partial charge in [-0.3, -0.25) is 9.59 Å². The van der Waals surface area contributed by atoms with Gasteiger partial charge in [-0.1, -0.05) is 19.8 Å². The molecule has 0 aromatic rings. The average Bonchev–Trinajstić information content (AvgIpc) is 2.72. The Kier molecular flexibility index (Phi) is 23.0. The lowest BCUT2D eigenvalue weighted by Crippen LogP contribution is -2.15. The lowest BCUT2D eigenvalue weighted by atomic mass is 10.2. The van der Waals surface area contributed by atoms with Gasteiger partial charge < -0.3 is 33.5 Å². The minimum absolute atomic E-state index is 0.0733. The van der Waals surface area contributed by atoms with Gasteiger partial charge in [-0.25, -0.2) is 0 Å². The molecule has 30 heavy (non-hydrogen) atoms. The van der Waals surface area contributed by atoms with Gasteiger partial charge in [-0.2, -0.15) is 0 Å². The Hall–Kier alpha value is -1.26. The number of carboxylic acid groups (broad SMARTS) is 1. The molecular formula is C21H40O9. The molecule has 9 nitrogen and oxygen atoms in total. The minimum Gasteiger partial charge on any atom is -0.481 e. The maximum absolute atomic E-state index is 11.4. The maximum Gasteiger partial charge on any atom is 0.305 e. The Balaban J connectivity index is 3.11. The van der Waals surface area contributed by atoms with Crippen molar-refractivity contribution < 1.29 is 43.1 Å². The number of carboxylic acids is 1. The van der Waals surface area contributed by atoms with E-state index in [0.717, 1.165) is 13.0 Å². The molecule has 9 heteroatoms. The number of hydrogen-bond acceptors (Lipinski definition) is 8. The van der Waals surface area contributed by atoms with Crippen molar-refractivity contribution in [3.63, 3.8) is 0 Å². The third kappa shape index (κ3) is 24.8. The van der Waals surface area contributed by atoms with E-state index in [1.165, 1.54) is 12.8 Å². The first-order valence-corrected chi connectivity index (χ1v) is 10.9. The van der Waals surface area contributed by atoms with Crippen LogP contribution in [-0.4, -0.2) is 89.7 Å². The molecule has 0 radical (unpaired) electrons. The van der Waals surface area contributed by atoms with E-state index in [0.29, 0.717) is 72.3 Å². The molecular weight excluding hydrogens is 396 g/mol. The van der Waals surface area contributed by atoms with E-state index in [2.05, 4.69) is 6.92 Å². The normalized spacial score (nSPS) is 11.0. The van der Waals surface area contributed by atoms with E-state index in [4.69, 9.17) is 33.5 Å². The van der Waals surface area contributed by atoms with Gasteiger partial charge in [0.05, 0.1) is 59.5 Å². The number of ether oxygens (including phenoxy) is 6. The fourth-order valence-electron chi connectivity index (χ4n) is 2.27. The topological polar surface area (TPSA) is 110 Å². The number of carbonyl (C=O) groups excluding carboxylic acids is 1. The van der Waals surface area contributed by atoms with Gasteiger partial charge in [-0.05, 0) is 19.3 Å². The van der Waals surface area contributed by atoms with Crippen LogP contribution in [0.4, 0.5) is 0 Å². The number of rotatable bonds is 24. The van der Waals surface area contributed by atoms with Crippen molar-refractivity contribution in [1.29, 1.82) is 0 Å². The van der Waals surface area contributed by atoms with Crippen LogP contribution in [0.5, 0.6) is 0 Å². The summed E-state index contributed by atoms with van der Waals surface area (Å²) in [5, 5.41) is 8.50. The first-order valence-electron chi connectivity index (χ1n) is 10.9. The van der Waals surface area contributed by atoms with Crippen molar-refractivity contribution in [2.24, 2.45) is 0 Å². The predicted molar refractivity (Wildman–Crippen MR) is 111 cm³/mol. The lowest BCUT2D eigenvalue weighted by Gasteiger charge is -2.08. The second kappa shape index (κ2) is 24.0. The maximum atomic E-state index is 11.4. The van der Waals surface area contributed by atoms with E-state index in [9.17, 15) is 9.59 Å². The van der Waals surface area contributed by atoms with Crippen LogP contribution in [0, 0.1) is 0 Å². The molecule has 178 valence electrons. The van der Waals surface area contributed by atoms with E-state index < -0.39 is 5.97 Å². The average molecular weight is 437 g/mol. The van der Waals surface area contributed by atoms with E-state index >= 15 is 0 Å². The summed E-state index contributed by atoms with van der Waals surface area (Å²) < 4.78 is 31.9. The van der Waals surface area contributed by atoms with Gasteiger partial charge in [0.2, 0.25) is 0 Å². The Labute approximate surface area is 180 Å². The van der Waals surface area contributed by atoms with Crippen LogP contribution in [0.2, 0.25) is 0 Å². The molecule has 0 fully saturated rings. The van der Waals surface area contributed by atoms with Gasteiger partial charge in [0.15, 0.2) is 0 Å². The summed E-state index contributed by atoms with van der Waals surface area (Å²) in [6.07, 6.45) is 4.81. The Morgan fingerprint density at radius 3 is 1.47 bits per heavy atom. The minimum atomic E-state index is -0.853. The molecule has 0 aliphatic carbocycles. The molecule has 0 spiro atoms. The molecule has 0 heterocycles. The first-order chi connectivity index (χ1) is 14.7. The van der Waals surface area contributed by atoms with Crippen LogP contribution in [0.15, 0.2) is 0 Å². The summed E-state index contributed by atoms with van der Waals surface area (Å²) in [5.41, 5.74) is 0. The number of unbranched alkanes of at least 4 members (excludes halogenated alkanes) is 3. The molecule has 0 aliphatic rings. The smallest absolute Gasteiger partial charge is 0.305 e. The molecule has 0 atom stereocenters. The number of esters is 1. The van der Waals surface area contributed by atoms with Gasteiger partial charge >= 0.3 is 11.9 Å². The summed E-state index contributed by atoms with van der Waals surface area (Å²) in [6.45, 7) is 7.57. The zero-order valence-corrected chi connectivity index (χ0v) is 18.4. The Morgan fingerprint density at radius 1 is 0.567 bits per heavy atom. The first kappa shape index (κ1) is 28.7. The predicted octanol–water partition coefficient (Wildman–Crippen LogP) is 2.45. The SMILES string of the molecule is CCCCCOCCOCCOCCOCCOCCOC(=O)CCCCC(=O)O. The van der Waals surface area contributed by atoms with Crippen LogP contribution < -0.4 is 0 Å². The summed E-state index contributed by atoms with van der Waals surface area (Å²) in [5.74, 6) is -1.19. The highest BCUT2D eigenvalue weighted by Crippen LogP contribution is 2.01. The van der Waals surface area contributed by atoms with Crippen molar-refractivity contribution >= 4 is 11.9 Å². The van der Waals surface area contributed by atoms with Gasteiger partial charge in [0, 0.05) is 19.4 Å². The van der Waals surface area contributed by atoms with Crippen molar-refractivity contribution in [2.75, 3.05) is 72.7 Å². The van der Waals surface area contributed by atoms with Gasteiger partial charge in [0.25, 0.3) is 0 Å². The molecule has 0 aliphatic heterocycles. The third-order valence-electron chi connectivity index (χ3n) is 3.89. The van der Waals surface area contributed by atoms with Crippen molar-refractivity contribution in [3.8, 4) is 0 Å². The molecule has 0 saturated carbocycles. The quantitative estimate of drug-likeness (QED) is 0.180. The highest BCUT2D eigenvalue weighted by atomic mass is 16.6. The largest absolute Gasteiger partial charge is 0.481 e. The van der Waals surface area contributed by atoms with Crippen molar-refractivity contribution in [1.82, 2.24) is 0 Å². The third-order valence-corrected chi connectivity index (χ3v) is 3.89. The molecule has 0 aromatic carbocycles. The van der Waals surface area contributed by atoms with Crippen molar-refractivity contribution in [3.05, 3.63) is 0 Å². The standard InChI is InChI=1S/C21H40O9/c1-2-3-6-9-25-10-11-26-12-13-27-14-15-28-16-17-29-18-19-30-21(24)8-5-4-7-20(22)23/h2-19H2,1H3,(H,22,23). The molecule has 0 rings (SSSR count). The molecule has 1 N–H and O–H groups in total. The monoisotopic (exact) mass is 436 g/mol. The fourth-order valence-corrected chi connectivity index (χ4v) is 2.27. The van der Waals surface area contributed by atoms with Crippen LogP contribution in [0.3, 0.4) is 0 Å². The lowest BCUT2D eigenvalue weighted by molar-refractivity contribution is -0.146. The summed E-state index contributed by atoms with van der Waals surface area (Å²) >= 11 is 0. The Bertz CT molecular complexity index is 391. The van der Waals surface area contributed by atoms with Crippen LogP contribution in [-0.2, 0) is 38.0 Å². The second-order valence-electron chi connectivity index (χ2n) is 6.59. The summed E-state index contributed by atoms with van der Waals surface area (Å²) in [6, 6.07) is 0. The van der Waals surface area contributed by atoms with Crippen molar-refractivity contribution in [2.45, 2.75) is 51.9 Å².